The van der Waals surface area contributed by atoms with Crippen molar-refractivity contribution in [2.75, 3.05) is 0 Å². The largest absolute Gasteiger partial charge is 0.412 e. The first-order chi connectivity index (χ1) is 5.92. The number of halogens is 1. The Labute approximate surface area is 89.5 Å². The molecule has 3 heteroatoms. The quantitative estimate of drug-likeness (QED) is 0.770. The Morgan fingerprint density at radius 1 is 0.929 bits per heavy atom. The van der Waals surface area contributed by atoms with Gasteiger partial charge in [-0.1, -0.05) is 42.5 Å². The summed E-state index contributed by atoms with van der Waals surface area (Å²) in [6, 6.07) is 14.5. The molecule has 0 heterocycles. The van der Waals surface area contributed by atoms with Crippen LogP contribution < -0.4 is 5.73 Å². The molecule has 2 rings (SSSR count). The van der Waals surface area contributed by atoms with Crippen LogP contribution in [0.4, 0.5) is 0 Å². The van der Waals surface area contributed by atoms with Gasteiger partial charge in [0, 0.05) is 6.54 Å². The average Bonchev–Trinajstić information content (AvgIpc) is 2.17. The van der Waals surface area contributed by atoms with Crippen LogP contribution in [0, 0.1) is 0 Å². The van der Waals surface area contributed by atoms with Gasteiger partial charge in [0.1, 0.15) is 0 Å². The van der Waals surface area contributed by atoms with E-state index in [0.29, 0.717) is 6.54 Å². The highest BCUT2D eigenvalue weighted by Crippen LogP contribution is 2.17. The highest BCUT2D eigenvalue weighted by Gasteiger charge is 1.95. The number of nitrogens with two attached hydrogens (primary N) is 1. The second-order valence-corrected chi connectivity index (χ2v) is 2.84. The van der Waals surface area contributed by atoms with Gasteiger partial charge in [0.25, 0.3) is 0 Å². The Balaban J connectivity index is 0.000000845. The topological polar surface area (TPSA) is 57.5 Å². The summed E-state index contributed by atoms with van der Waals surface area (Å²) in [4.78, 5) is 0. The SMILES string of the molecule is Cl.NCc1cccc2ccccc12.O. The van der Waals surface area contributed by atoms with E-state index in [9.17, 15) is 0 Å². The molecule has 0 spiro atoms. The molecule has 0 bridgehead atoms. The van der Waals surface area contributed by atoms with Crippen molar-refractivity contribution in [3.63, 3.8) is 0 Å². The van der Waals surface area contributed by atoms with E-state index in [2.05, 4.69) is 24.3 Å². The highest BCUT2D eigenvalue weighted by atomic mass is 35.5. The van der Waals surface area contributed by atoms with Crippen molar-refractivity contribution >= 4 is 23.2 Å². The zero-order valence-electron chi connectivity index (χ0n) is 7.73. The van der Waals surface area contributed by atoms with Gasteiger partial charge in [0.15, 0.2) is 0 Å². The number of benzene rings is 2. The van der Waals surface area contributed by atoms with E-state index in [4.69, 9.17) is 5.73 Å². The Morgan fingerprint density at radius 2 is 1.57 bits per heavy atom. The van der Waals surface area contributed by atoms with Crippen molar-refractivity contribution in [1.29, 1.82) is 0 Å². The Hall–Kier alpha value is -1.09. The fourth-order valence-electron chi connectivity index (χ4n) is 1.47. The fraction of sp³-hybridized carbons (Fsp3) is 0.0909. The van der Waals surface area contributed by atoms with Crippen molar-refractivity contribution in [2.45, 2.75) is 6.54 Å². The summed E-state index contributed by atoms with van der Waals surface area (Å²) in [5.74, 6) is 0. The molecular weight excluding hydrogens is 198 g/mol. The normalized spacial score (nSPS) is 8.93. The van der Waals surface area contributed by atoms with E-state index in [1.54, 1.807) is 0 Å². The summed E-state index contributed by atoms with van der Waals surface area (Å²) in [6.45, 7) is 0.612. The maximum absolute atomic E-state index is 5.62. The van der Waals surface area contributed by atoms with Crippen LogP contribution in [0.5, 0.6) is 0 Å². The minimum atomic E-state index is 0. The summed E-state index contributed by atoms with van der Waals surface area (Å²) in [5, 5.41) is 2.53. The van der Waals surface area contributed by atoms with Gasteiger partial charge >= 0.3 is 0 Å². The molecule has 0 amide bonds. The number of hydrogen-bond donors (Lipinski definition) is 1. The Bertz CT molecular complexity index is 398. The van der Waals surface area contributed by atoms with Gasteiger partial charge in [-0.2, -0.15) is 0 Å². The molecule has 0 aliphatic heterocycles. The molecule has 0 radical (unpaired) electrons. The predicted octanol–water partition coefficient (Wildman–Crippen LogP) is 1.90. The highest BCUT2D eigenvalue weighted by molar-refractivity contribution is 5.85. The average molecular weight is 212 g/mol. The smallest absolute Gasteiger partial charge is 0.0184 e. The van der Waals surface area contributed by atoms with Gasteiger partial charge in [-0.3, -0.25) is 0 Å². The predicted molar refractivity (Wildman–Crippen MR) is 62.7 cm³/mol. The molecule has 0 aliphatic carbocycles. The van der Waals surface area contributed by atoms with Gasteiger partial charge in [0.2, 0.25) is 0 Å². The van der Waals surface area contributed by atoms with Crippen LogP contribution in [0.15, 0.2) is 42.5 Å². The third kappa shape index (κ3) is 2.23. The van der Waals surface area contributed by atoms with E-state index < -0.39 is 0 Å². The van der Waals surface area contributed by atoms with E-state index in [1.165, 1.54) is 16.3 Å². The summed E-state index contributed by atoms with van der Waals surface area (Å²) >= 11 is 0. The maximum atomic E-state index is 5.62. The lowest BCUT2D eigenvalue weighted by Crippen LogP contribution is -1.96. The molecule has 2 aromatic carbocycles. The second kappa shape index (κ2) is 5.60. The summed E-state index contributed by atoms with van der Waals surface area (Å²) in [6.07, 6.45) is 0. The summed E-state index contributed by atoms with van der Waals surface area (Å²) < 4.78 is 0. The molecule has 0 saturated heterocycles. The van der Waals surface area contributed by atoms with E-state index in [1.807, 2.05) is 18.2 Å². The minimum Gasteiger partial charge on any atom is -0.412 e. The zero-order chi connectivity index (χ0) is 8.39. The zero-order valence-corrected chi connectivity index (χ0v) is 8.55. The van der Waals surface area contributed by atoms with Crippen LogP contribution in [0.25, 0.3) is 10.8 Å². The lowest BCUT2D eigenvalue weighted by Gasteiger charge is -2.02. The molecule has 4 N–H and O–H groups in total. The van der Waals surface area contributed by atoms with E-state index in [0.717, 1.165) is 0 Å². The van der Waals surface area contributed by atoms with Crippen LogP contribution >= 0.6 is 12.4 Å². The van der Waals surface area contributed by atoms with Gasteiger partial charge in [-0.15, -0.1) is 12.4 Å². The second-order valence-electron chi connectivity index (χ2n) is 2.84. The van der Waals surface area contributed by atoms with Gasteiger partial charge < -0.3 is 11.2 Å². The van der Waals surface area contributed by atoms with Gasteiger partial charge in [-0.25, -0.2) is 0 Å². The molecule has 14 heavy (non-hydrogen) atoms. The Kier molecular flexibility index (Phi) is 5.16. The molecule has 0 saturated carbocycles. The van der Waals surface area contributed by atoms with Crippen LogP contribution in [0.2, 0.25) is 0 Å². The molecule has 76 valence electrons. The summed E-state index contributed by atoms with van der Waals surface area (Å²) in [5.41, 5.74) is 6.83. The molecule has 2 aromatic rings. The fourth-order valence-corrected chi connectivity index (χ4v) is 1.47. The molecular formula is C11H14ClNO. The van der Waals surface area contributed by atoms with Gasteiger partial charge in [-0.05, 0) is 16.3 Å². The van der Waals surface area contributed by atoms with Crippen LogP contribution in [0.3, 0.4) is 0 Å². The first-order valence-electron chi connectivity index (χ1n) is 4.08. The summed E-state index contributed by atoms with van der Waals surface area (Å²) in [7, 11) is 0. The Morgan fingerprint density at radius 3 is 2.29 bits per heavy atom. The molecule has 0 unspecified atom stereocenters. The number of fused-ring (bicyclic) bond motifs is 1. The number of hydrogen-bond acceptors (Lipinski definition) is 1. The lowest BCUT2D eigenvalue weighted by molar-refractivity contribution is 0.824. The van der Waals surface area contributed by atoms with Crippen molar-refractivity contribution in [2.24, 2.45) is 5.73 Å². The van der Waals surface area contributed by atoms with Crippen LogP contribution in [0.1, 0.15) is 5.56 Å². The molecule has 0 aromatic heterocycles. The standard InChI is InChI=1S/C11H11N.ClH.H2O/c12-8-10-6-3-5-9-4-1-2-7-11(9)10;;/h1-7H,8,12H2;1H;1H2. The third-order valence-corrected chi connectivity index (χ3v) is 2.10. The van der Waals surface area contributed by atoms with Crippen molar-refractivity contribution in [3.05, 3.63) is 48.0 Å². The third-order valence-electron chi connectivity index (χ3n) is 2.10. The van der Waals surface area contributed by atoms with Crippen LogP contribution in [-0.2, 0) is 6.54 Å². The maximum Gasteiger partial charge on any atom is 0.0184 e. The molecule has 2 nitrogen and oxygen atoms in total. The van der Waals surface area contributed by atoms with E-state index >= 15 is 0 Å². The lowest BCUT2D eigenvalue weighted by atomic mass is 10.1. The van der Waals surface area contributed by atoms with Crippen molar-refractivity contribution < 1.29 is 5.48 Å². The van der Waals surface area contributed by atoms with Gasteiger partial charge in [0.05, 0.1) is 0 Å². The minimum absolute atomic E-state index is 0. The van der Waals surface area contributed by atoms with Crippen molar-refractivity contribution in [1.82, 2.24) is 0 Å². The molecule has 0 fully saturated rings. The first kappa shape index (κ1) is 12.9. The van der Waals surface area contributed by atoms with Crippen LogP contribution in [-0.4, -0.2) is 5.48 Å². The first-order valence-corrected chi connectivity index (χ1v) is 4.08. The number of rotatable bonds is 1. The monoisotopic (exact) mass is 211 g/mol. The molecule has 0 aliphatic rings. The molecule has 0 atom stereocenters. The van der Waals surface area contributed by atoms with E-state index in [-0.39, 0.29) is 17.9 Å². The van der Waals surface area contributed by atoms with Crippen molar-refractivity contribution in [3.8, 4) is 0 Å².